The highest BCUT2D eigenvalue weighted by molar-refractivity contribution is 5.79. The zero-order chi connectivity index (χ0) is 15.7. The van der Waals surface area contributed by atoms with Crippen molar-refractivity contribution in [1.82, 2.24) is 4.90 Å². The van der Waals surface area contributed by atoms with Gasteiger partial charge >= 0.3 is 5.97 Å². The predicted molar refractivity (Wildman–Crippen MR) is 78.0 cm³/mol. The second-order valence-corrected chi connectivity index (χ2v) is 5.40. The maximum atomic E-state index is 12.2. The molecule has 0 radical (unpaired) electrons. The van der Waals surface area contributed by atoms with E-state index < -0.39 is 11.4 Å². The average Bonchev–Trinajstić information content (AvgIpc) is 2.47. The van der Waals surface area contributed by atoms with Gasteiger partial charge in [0.15, 0.2) is 0 Å². The first-order valence-corrected chi connectivity index (χ1v) is 7.24. The summed E-state index contributed by atoms with van der Waals surface area (Å²) in [5, 5.41) is 9.45. The zero-order valence-corrected chi connectivity index (χ0v) is 12.7. The molecule has 1 aliphatic rings. The monoisotopic (exact) mass is 299 g/mol. The van der Waals surface area contributed by atoms with Crippen molar-refractivity contribution in [3.8, 4) is 0 Å². The molecule has 6 heteroatoms. The van der Waals surface area contributed by atoms with Crippen LogP contribution in [0.1, 0.15) is 25.7 Å². The van der Waals surface area contributed by atoms with Crippen LogP contribution in [0.25, 0.3) is 0 Å². The summed E-state index contributed by atoms with van der Waals surface area (Å²) in [5.41, 5.74) is -0.970. The molecule has 1 aliphatic heterocycles. The van der Waals surface area contributed by atoms with Crippen molar-refractivity contribution in [2.45, 2.75) is 25.7 Å². The Hall–Kier alpha value is -1.40. The van der Waals surface area contributed by atoms with Gasteiger partial charge in [-0.2, -0.15) is 0 Å². The molecule has 1 amide bonds. The second-order valence-electron chi connectivity index (χ2n) is 5.40. The quantitative estimate of drug-likeness (QED) is 0.513. The van der Waals surface area contributed by atoms with Gasteiger partial charge in [-0.25, -0.2) is 0 Å². The van der Waals surface area contributed by atoms with Crippen LogP contribution in [0.4, 0.5) is 0 Å². The number of carbonyl (C=O) groups excluding carboxylic acids is 1. The number of methoxy groups -OCH3 is 1. The summed E-state index contributed by atoms with van der Waals surface area (Å²) < 4.78 is 10.3. The summed E-state index contributed by atoms with van der Waals surface area (Å²) in [7, 11) is 1.49. The third-order valence-corrected chi connectivity index (χ3v) is 3.72. The number of carbonyl (C=O) groups is 2. The molecule has 0 aromatic carbocycles. The van der Waals surface area contributed by atoms with Crippen LogP contribution in [0.15, 0.2) is 12.7 Å². The van der Waals surface area contributed by atoms with Crippen LogP contribution in [0.2, 0.25) is 0 Å². The topological polar surface area (TPSA) is 76.1 Å². The molecule has 0 bridgehead atoms. The summed E-state index contributed by atoms with van der Waals surface area (Å²) in [6.07, 6.45) is 3.91. The van der Waals surface area contributed by atoms with Crippen molar-refractivity contribution in [3.63, 3.8) is 0 Å². The highest BCUT2D eigenvalue weighted by Gasteiger charge is 2.43. The van der Waals surface area contributed by atoms with Crippen LogP contribution in [0, 0.1) is 5.41 Å². The van der Waals surface area contributed by atoms with E-state index >= 15 is 0 Å². The Morgan fingerprint density at radius 2 is 2.24 bits per heavy atom. The standard InChI is InChI=1S/C15H25NO5/c1-3-9-21-10-4-6-13(17)16-8-5-7-15(11-16,12-20-2)14(18)19/h3H,1,4-12H2,2H3,(H,18,19). The maximum absolute atomic E-state index is 12.2. The van der Waals surface area contributed by atoms with E-state index in [9.17, 15) is 14.7 Å². The Balaban J connectivity index is 2.48. The summed E-state index contributed by atoms with van der Waals surface area (Å²) in [4.78, 5) is 25.3. The van der Waals surface area contributed by atoms with Gasteiger partial charge in [-0.15, -0.1) is 6.58 Å². The molecule has 0 aromatic heterocycles. The number of carboxylic acid groups (broad SMARTS) is 1. The van der Waals surface area contributed by atoms with E-state index in [4.69, 9.17) is 9.47 Å². The van der Waals surface area contributed by atoms with Crippen molar-refractivity contribution in [1.29, 1.82) is 0 Å². The number of amides is 1. The fraction of sp³-hybridized carbons (Fsp3) is 0.733. The second kappa shape index (κ2) is 8.79. The molecule has 120 valence electrons. The van der Waals surface area contributed by atoms with Crippen LogP contribution >= 0.6 is 0 Å². The minimum Gasteiger partial charge on any atom is -0.481 e. The first kappa shape index (κ1) is 17.7. The van der Waals surface area contributed by atoms with Gasteiger partial charge < -0.3 is 19.5 Å². The van der Waals surface area contributed by atoms with E-state index in [-0.39, 0.29) is 19.1 Å². The number of hydrogen-bond donors (Lipinski definition) is 1. The van der Waals surface area contributed by atoms with E-state index in [0.29, 0.717) is 45.4 Å². The lowest BCUT2D eigenvalue weighted by Crippen LogP contribution is -2.52. The molecule has 6 nitrogen and oxygen atoms in total. The highest BCUT2D eigenvalue weighted by atomic mass is 16.5. The van der Waals surface area contributed by atoms with Gasteiger partial charge in [0.05, 0.1) is 13.2 Å². The SMILES string of the molecule is C=CCOCCCC(=O)N1CCCC(COC)(C(=O)O)C1. The third-order valence-electron chi connectivity index (χ3n) is 3.72. The lowest BCUT2D eigenvalue weighted by molar-refractivity contribution is -0.159. The highest BCUT2D eigenvalue weighted by Crippen LogP contribution is 2.31. The minimum atomic E-state index is -0.970. The van der Waals surface area contributed by atoms with Crippen molar-refractivity contribution < 1.29 is 24.2 Å². The number of nitrogens with zero attached hydrogens (tertiary/aromatic N) is 1. The van der Waals surface area contributed by atoms with Gasteiger partial charge in [0.25, 0.3) is 0 Å². The van der Waals surface area contributed by atoms with Crippen molar-refractivity contribution in [2.24, 2.45) is 5.41 Å². The summed E-state index contributed by atoms with van der Waals surface area (Å²) in [5.74, 6) is -0.908. The molecule has 0 spiro atoms. The van der Waals surface area contributed by atoms with Gasteiger partial charge in [0.1, 0.15) is 5.41 Å². The molecule has 1 rings (SSSR count). The molecule has 0 aliphatic carbocycles. The molecule has 1 saturated heterocycles. The van der Waals surface area contributed by atoms with Gasteiger partial charge in [-0.3, -0.25) is 9.59 Å². The molecule has 1 heterocycles. The van der Waals surface area contributed by atoms with Crippen LogP contribution in [-0.4, -0.2) is 61.9 Å². The lowest BCUT2D eigenvalue weighted by Gasteiger charge is -2.39. The van der Waals surface area contributed by atoms with Crippen molar-refractivity contribution in [2.75, 3.05) is 40.0 Å². The zero-order valence-electron chi connectivity index (χ0n) is 12.7. The van der Waals surface area contributed by atoms with E-state index in [2.05, 4.69) is 6.58 Å². The lowest BCUT2D eigenvalue weighted by atomic mass is 9.80. The Morgan fingerprint density at radius 1 is 1.48 bits per heavy atom. The molecule has 1 N–H and O–H groups in total. The van der Waals surface area contributed by atoms with Crippen LogP contribution in [0.3, 0.4) is 0 Å². The number of hydrogen-bond acceptors (Lipinski definition) is 4. The number of rotatable bonds is 9. The Morgan fingerprint density at radius 3 is 2.86 bits per heavy atom. The van der Waals surface area contributed by atoms with E-state index in [1.807, 2.05) is 0 Å². The molecule has 1 unspecified atom stereocenters. The Bertz CT molecular complexity index is 367. The van der Waals surface area contributed by atoms with E-state index in [1.54, 1.807) is 11.0 Å². The summed E-state index contributed by atoms with van der Waals surface area (Å²) in [6, 6.07) is 0. The first-order valence-electron chi connectivity index (χ1n) is 7.24. The number of ether oxygens (including phenoxy) is 2. The third kappa shape index (κ3) is 5.13. The molecule has 21 heavy (non-hydrogen) atoms. The van der Waals surface area contributed by atoms with E-state index in [1.165, 1.54) is 7.11 Å². The molecule has 1 atom stereocenters. The maximum Gasteiger partial charge on any atom is 0.313 e. The van der Waals surface area contributed by atoms with Crippen molar-refractivity contribution >= 4 is 11.9 Å². The minimum absolute atomic E-state index is 0.0152. The first-order chi connectivity index (χ1) is 10.1. The fourth-order valence-electron chi connectivity index (χ4n) is 2.63. The van der Waals surface area contributed by atoms with Crippen LogP contribution in [0.5, 0.6) is 0 Å². The number of likely N-dealkylation sites (tertiary alicyclic amines) is 1. The molecular formula is C15H25NO5. The summed E-state index contributed by atoms with van der Waals surface area (Å²) >= 11 is 0. The molecule has 1 fully saturated rings. The fourth-order valence-corrected chi connectivity index (χ4v) is 2.63. The largest absolute Gasteiger partial charge is 0.481 e. The molecular weight excluding hydrogens is 274 g/mol. The normalized spacial score (nSPS) is 22.0. The number of aliphatic carboxylic acids is 1. The predicted octanol–water partition coefficient (Wildman–Crippen LogP) is 1.31. The molecule has 0 saturated carbocycles. The van der Waals surface area contributed by atoms with Gasteiger partial charge in [0.2, 0.25) is 5.91 Å². The van der Waals surface area contributed by atoms with Gasteiger partial charge in [0, 0.05) is 33.2 Å². The number of piperidine rings is 1. The Labute approximate surface area is 125 Å². The van der Waals surface area contributed by atoms with E-state index in [0.717, 1.165) is 0 Å². The number of carboxylic acids is 1. The smallest absolute Gasteiger partial charge is 0.313 e. The average molecular weight is 299 g/mol. The van der Waals surface area contributed by atoms with Gasteiger partial charge in [-0.05, 0) is 19.3 Å². The molecule has 0 aromatic rings. The Kier molecular flexibility index (Phi) is 7.39. The van der Waals surface area contributed by atoms with Crippen molar-refractivity contribution in [3.05, 3.63) is 12.7 Å². The van der Waals surface area contributed by atoms with Crippen LogP contribution < -0.4 is 0 Å². The van der Waals surface area contributed by atoms with Crippen LogP contribution in [-0.2, 0) is 19.1 Å². The van der Waals surface area contributed by atoms with Gasteiger partial charge in [-0.1, -0.05) is 6.08 Å². The summed E-state index contributed by atoms with van der Waals surface area (Å²) in [6.45, 7) is 5.51.